The molecular formula is C17H19NO4S. The summed E-state index contributed by atoms with van der Waals surface area (Å²) in [5.74, 6) is -0.110. The van der Waals surface area contributed by atoms with Crippen molar-refractivity contribution in [3.05, 3.63) is 45.4 Å². The molecule has 0 aliphatic carbocycles. The molecule has 0 spiro atoms. The van der Waals surface area contributed by atoms with Gasteiger partial charge in [0.25, 0.3) is 0 Å². The number of thiazole rings is 1. The van der Waals surface area contributed by atoms with Crippen molar-refractivity contribution in [2.24, 2.45) is 0 Å². The number of carboxylic acid groups (broad SMARTS) is 1. The molecule has 1 N–H and O–H groups in total. The molecule has 1 saturated heterocycles. The van der Waals surface area contributed by atoms with Gasteiger partial charge in [0.05, 0.1) is 18.2 Å². The number of rotatable bonds is 4. The monoisotopic (exact) mass is 333 g/mol. The second-order valence-electron chi connectivity index (χ2n) is 5.66. The fraction of sp³-hybridized carbons (Fsp3) is 0.412. The summed E-state index contributed by atoms with van der Waals surface area (Å²) in [6.45, 7) is 3.05. The predicted molar refractivity (Wildman–Crippen MR) is 87.6 cm³/mol. The molecule has 6 heteroatoms. The van der Waals surface area contributed by atoms with Crippen LogP contribution in [0.3, 0.4) is 0 Å². The number of aromatic nitrogens is 1. The second-order valence-corrected chi connectivity index (χ2v) is 6.66. The highest BCUT2D eigenvalue weighted by molar-refractivity contribution is 7.13. The van der Waals surface area contributed by atoms with E-state index in [1.807, 2.05) is 24.3 Å². The van der Waals surface area contributed by atoms with Crippen molar-refractivity contribution >= 4 is 17.3 Å². The topological polar surface area (TPSA) is 68.7 Å². The molecule has 1 aliphatic heterocycles. The Morgan fingerprint density at radius 1 is 1.30 bits per heavy atom. The number of nitrogens with zero attached hydrogens (tertiary/aromatic N) is 1. The van der Waals surface area contributed by atoms with Crippen LogP contribution >= 0.6 is 11.3 Å². The number of methoxy groups -OCH3 is 1. The summed E-state index contributed by atoms with van der Waals surface area (Å²) in [4.78, 5) is 16.3. The van der Waals surface area contributed by atoms with Gasteiger partial charge in [0.2, 0.25) is 0 Å². The standard InChI is InChI=1S/C17H19NO4S/c1-11-14(15(19)20)23-16(18-11)17(7-9-22-10-8-17)12-3-5-13(21-2)6-4-12/h3-6H,7-10H2,1-2H3,(H,19,20). The Morgan fingerprint density at radius 2 is 1.96 bits per heavy atom. The minimum Gasteiger partial charge on any atom is -0.497 e. The molecule has 1 aromatic carbocycles. The Morgan fingerprint density at radius 3 is 2.48 bits per heavy atom. The van der Waals surface area contributed by atoms with E-state index >= 15 is 0 Å². The number of benzene rings is 1. The smallest absolute Gasteiger partial charge is 0.347 e. The molecule has 23 heavy (non-hydrogen) atoms. The average molecular weight is 333 g/mol. The lowest BCUT2D eigenvalue weighted by molar-refractivity contribution is 0.0630. The van der Waals surface area contributed by atoms with Crippen molar-refractivity contribution in [3.8, 4) is 5.75 Å². The summed E-state index contributed by atoms with van der Waals surface area (Å²) < 4.78 is 10.8. The van der Waals surface area contributed by atoms with Crippen LogP contribution in [-0.2, 0) is 10.2 Å². The van der Waals surface area contributed by atoms with Gasteiger partial charge < -0.3 is 14.6 Å². The molecule has 3 rings (SSSR count). The van der Waals surface area contributed by atoms with Crippen LogP contribution in [0.1, 0.15) is 38.8 Å². The number of hydrogen-bond donors (Lipinski definition) is 1. The first-order chi connectivity index (χ1) is 11.1. The van der Waals surface area contributed by atoms with E-state index in [-0.39, 0.29) is 5.41 Å². The zero-order valence-electron chi connectivity index (χ0n) is 13.2. The van der Waals surface area contributed by atoms with E-state index in [1.54, 1.807) is 14.0 Å². The lowest BCUT2D eigenvalue weighted by Crippen LogP contribution is -2.35. The molecule has 1 aromatic heterocycles. The fourth-order valence-corrected chi connectivity index (χ4v) is 4.23. The minimum absolute atomic E-state index is 0.284. The summed E-state index contributed by atoms with van der Waals surface area (Å²) in [7, 11) is 1.64. The Bertz CT molecular complexity index is 702. The summed E-state index contributed by atoms with van der Waals surface area (Å²) in [5, 5.41) is 10.2. The maximum Gasteiger partial charge on any atom is 0.347 e. The summed E-state index contributed by atoms with van der Waals surface area (Å²) >= 11 is 1.28. The molecule has 0 atom stereocenters. The fourth-order valence-electron chi connectivity index (χ4n) is 3.06. The van der Waals surface area contributed by atoms with Crippen molar-refractivity contribution in [2.75, 3.05) is 20.3 Å². The molecule has 1 fully saturated rings. The zero-order valence-corrected chi connectivity index (χ0v) is 14.0. The first-order valence-electron chi connectivity index (χ1n) is 7.50. The highest BCUT2D eigenvalue weighted by Crippen LogP contribution is 2.43. The molecule has 1 aliphatic rings. The quantitative estimate of drug-likeness (QED) is 0.930. The third-order valence-corrected chi connectivity index (χ3v) is 5.74. The van der Waals surface area contributed by atoms with Gasteiger partial charge in [-0.3, -0.25) is 0 Å². The van der Waals surface area contributed by atoms with Crippen LogP contribution in [0.4, 0.5) is 0 Å². The molecule has 2 heterocycles. The summed E-state index contributed by atoms with van der Waals surface area (Å²) in [6, 6.07) is 7.96. The Kier molecular flexibility index (Phi) is 4.37. The van der Waals surface area contributed by atoms with E-state index in [2.05, 4.69) is 4.98 Å². The van der Waals surface area contributed by atoms with Gasteiger partial charge in [-0.15, -0.1) is 11.3 Å². The molecule has 0 saturated carbocycles. The van der Waals surface area contributed by atoms with E-state index < -0.39 is 5.97 Å². The zero-order chi connectivity index (χ0) is 16.4. The number of aromatic carboxylic acids is 1. The predicted octanol–water partition coefficient (Wildman–Crippen LogP) is 3.25. The lowest BCUT2D eigenvalue weighted by atomic mass is 9.74. The second kappa shape index (κ2) is 6.29. The Labute approximate surface area is 138 Å². The molecule has 122 valence electrons. The molecular weight excluding hydrogens is 314 g/mol. The van der Waals surface area contributed by atoms with Gasteiger partial charge in [-0.2, -0.15) is 0 Å². The largest absolute Gasteiger partial charge is 0.497 e. The van der Waals surface area contributed by atoms with Gasteiger partial charge in [0.15, 0.2) is 0 Å². The normalized spacial score (nSPS) is 17.0. The van der Waals surface area contributed by atoms with Crippen LogP contribution in [0.2, 0.25) is 0 Å². The van der Waals surface area contributed by atoms with E-state index in [4.69, 9.17) is 9.47 Å². The maximum absolute atomic E-state index is 11.4. The first kappa shape index (κ1) is 16.0. The Hall–Kier alpha value is -1.92. The van der Waals surface area contributed by atoms with Crippen LogP contribution in [0.15, 0.2) is 24.3 Å². The summed E-state index contributed by atoms with van der Waals surface area (Å²) in [6.07, 6.45) is 1.59. The van der Waals surface area contributed by atoms with Gasteiger partial charge >= 0.3 is 5.97 Å². The number of aryl methyl sites for hydroxylation is 1. The SMILES string of the molecule is COc1ccc(C2(c3nc(C)c(C(=O)O)s3)CCOCC2)cc1. The Balaban J connectivity index is 2.09. The molecule has 5 nitrogen and oxygen atoms in total. The number of carboxylic acids is 1. The molecule has 0 amide bonds. The van der Waals surface area contributed by atoms with Gasteiger partial charge in [0.1, 0.15) is 15.6 Å². The van der Waals surface area contributed by atoms with Gasteiger partial charge in [0, 0.05) is 13.2 Å². The summed E-state index contributed by atoms with van der Waals surface area (Å²) in [5.41, 5.74) is 1.43. The van der Waals surface area contributed by atoms with Gasteiger partial charge in [-0.05, 0) is 37.5 Å². The van der Waals surface area contributed by atoms with Gasteiger partial charge in [-0.1, -0.05) is 12.1 Å². The van der Waals surface area contributed by atoms with Crippen molar-refractivity contribution < 1.29 is 19.4 Å². The highest BCUT2D eigenvalue weighted by Gasteiger charge is 2.40. The van der Waals surface area contributed by atoms with Crippen LogP contribution in [0.25, 0.3) is 0 Å². The van der Waals surface area contributed by atoms with Crippen LogP contribution in [0.5, 0.6) is 5.75 Å². The highest BCUT2D eigenvalue weighted by atomic mass is 32.1. The van der Waals surface area contributed by atoms with Gasteiger partial charge in [-0.25, -0.2) is 9.78 Å². The third kappa shape index (κ3) is 2.84. The van der Waals surface area contributed by atoms with E-state index in [0.29, 0.717) is 23.8 Å². The number of carbonyl (C=O) groups is 1. The van der Waals surface area contributed by atoms with E-state index in [9.17, 15) is 9.90 Å². The molecule has 0 bridgehead atoms. The van der Waals surface area contributed by atoms with E-state index in [0.717, 1.165) is 29.2 Å². The molecule has 0 radical (unpaired) electrons. The molecule has 0 unspecified atom stereocenters. The van der Waals surface area contributed by atoms with Crippen molar-refractivity contribution in [2.45, 2.75) is 25.2 Å². The third-order valence-electron chi connectivity index (χ3n) is 4.39. The minimum atomic E-state index is -0.914. The van der Waals surface area contributed by atoms with Crippen molar-refractivity contribution in [1.29, 1.82) is 0 Å². The number of ether oxygens (including phenoxy) is 2. The van der Waals surface area contributed by atoms with E-state index in [1.165, 1.54) is 11.3 Å². The molecule has 2 aromatic rings. The lowest BCUT2D eigenvalue weighted by Gasteiger charge is -2.36. The first-order valence-corrected chi connectivity index (χ1v) is 8.32. The van der Waals surface area contributed by atoms with Crippen molar-refractivity contribution in [3.63, 3.8) is 0 Å². The number of hydrogen-bond acceptors (Lipinski definition) is 5. The van der Waals surface area contributed by atoms with Crippen molar-refractivity contribution in [1.82, 2.24) is 4.98 Å². The average Bonchev–Trinajstić information content (AvgIpc) is 2.98. The maximum atomic E-state index is 11.4. The van der Waals surface area contributed by atoms with Crippen LogP contribution < -0.4 is 4.74 Å². The van der Waals surface area contributed by atoms with Crippen LogP contribution in [0, 0.1) is 6.92 Å². The van der Waals surface area contributed by atoms with Crippen LogP contribution in [-0.4, -0.2) is 36.4 Å².